The fourth-order valence-electron chi connectivity index (χ4n) is 0.921. The summed E-state index contributed by atoms with van der Waals surface area (Å²) in [5.41, 5.74) is -0.345. The maximum absolute atomic E-state index is 11.3. The zero-order valence-electron chi connectivity index (χ0n) is 8.39. The highest BCUT2D eigenvalue weighted by atomic mass is 16.5. The predicted octanol–water partition coefficient (Wildman–Crippen LogP) is -0.278. The average Bonchev–Trinajstić information content (AvgIpc) is 2.18. The smallest absolute Gasteiger partial charge is 0.316 e. The Morgan fingerprint density at radius 2 is 2.54 bits per heavy atom. The number of aromatic nitrogens is 4. The van der Waals surface area contributed by atoms with Crippen molar-refractivity contribution in [3.05, 3.63) is 22.7 Å². The Morgan fingerprint density at radius 3 is 3.38 bits per heavy atom. The van der Waals surface area contributed by atoms with Gasteiger partial charge in [-0.05, 0) is 0 Å². The molecule has 0 amide bonds. The van der Waals surface area contributed by atoms with Crippen molar-refractivity contribution in [1.82, 2.24) is 20.2 Å². The molecule has 2 aromatic heterocycles. The minimum Gasteiger partial charge on any atom is -0.467 e. The summed E-state index contributed by atoms with van der Waals surface area (Å²) in [6.07, 6.45) is 2.75. The third-order valence-corrected chi connectivity index (χ3v) is 1.49. The van der Waals surface area contributed by atoms with Crippen molar-refractivity contribution < 1.29 is 7.48 Å². The van der Waals surface area contributed by atoms with Crippen molar-refractivity contribution in [3.63, 3.8) is 0 Å². The molecule has 0 aromatic carbocycles. The summed E-state index contributed by atoms with van der Waals surface area (Å²) in [6, 6.07) is -0.172. The molecule has 0 radical (unpaired) electrons. The molecule has 66 valence electrons. The monoisotopic (exact) mass is 180 g/mol. The Hall–Kier alpha value is -1.98. The molecule has 0 aliphatic carbocycles. The van der Waals surface area contributed by atoms with Crippen LogP contribution in [0.3, 0.4) is 0 Å². The van der Waals surface area contributed by atoms with Crippen molar-refractivity contribution in [1.29, 1.82) is 0 Å². The fraction of sp³-hybridized carbons (Fsp3) is 0.143. The first-order valence-electron chi connectivity index (χ1n) is 4.54. The van der Waals surface area contributed by atoms with E-state index in [9.17, 15) is 4.79 Å². The molecular formula is C7H6N4O2. The van der Waals surface area contributed by atoms with Crippen LogP contribution in [0, 0.1) is 0 Å². The fourth-order valence-corrected chi connectivity index (χ4v) is 0.921. The number of hydrogen-bond donors (Lipinski definition) is 1. The second-order valence-corrected chi connectivity index (χ2v) is 2.27. The SMILES string of the molecule is [2H]C([2H])Oc1ncc2cn[nH]c(=O)c2n1. The van der Waals surface area contributed by atoms with E-state index in [1.807, 2.05) is 0 Å². The third-order valence-electron chi connectivity index (χ3n) is 1.49. The first-order valence-corrected chi connectivity index (χ1v) is 3.38. The van der Waals surface area contributed by atoms with E-state index in [4.69, 9.17) is 2.74 Å². The molecule has 2 heterocycles. The van der Waals surface area contributed by atoms with Gasteiger partial charge in [-0.25, -0.2) is 10.1 Å². The second-order valence-electron chi connectivity index (χ2n) is 2.27. The Balaban J connectivity index is 2.55. The van der Waals surface area contributed by atoms with Crippen molar-refractivity contribution in [2.24, 2.45) is 0 Å². The molecule has 6 nitrogen and oxygen atoms in total. The maximum Gasteiger partial charge on any atom is 0.316 e. The highest BCUT2D eigenvalue weighted by Crippen LogP contribution is 2.06. The molecule has 6 heteroatoms. The Labute approximate surface area is 75.4 Å². The van der Waals surface area contributed by atoms with Gasteiger partial charge in [0.2, 0.25) is 0 Å². The minimum absolute atomic E-state index is 0.121. The van der Waals surface area contributed by atoms with E-state index in [1.54, 1.807) is 0 Å². The minimum atomic E-state index is -1.52. The molecule has 0 spiro atoms. The van der Waals surface area contributed by atoms with Crippen molar-refractivity contribution in [2.45, 2.75) is 0 Å². The van der Waals surface area contributed by atoms with Gasteiger partial charge in [-0.3, -0.25) is 4.79 Å². The summed E-state index contributed by atoms with van der Waals surface area (Å²) >= 11 is 0. The number of aromatic amines is 1. The quantitative estimate of drug-likeness (QED) is 0.652. The zero-order valence-corrected chi connectivity index (χ0v) is 6.39. The first kappa shape index (κ1) is 5.63. The molecule has 0 fully saturated rings. The van der Waals surface area contributed by atoms with Gasteiger partial charge in [0.15, 0.2) is 0 Å². The van der Waals surface area contributed by atoms with Crippen molar-refractivity contribution >= 4 is 10.9 Å². The zero-order chi connectivity index (χ0) is 10.8. The van der Waals surface area contributed by atoms with Gasteiger partial charge in [0.05, 0.1) is 16.0 Å². The van der Waals surface area contributed by atoms with E-state index in [2.05, 4.69) is 24.9 Å². The van der Waals surface area contributed by atoms with Crippen LogP contribution in [0.5, 0.6) is 6.01 Å². The van der Waals surface area contributed by atoms with Crippen molar-refractivity contribution in [3.8, 4) is 6.01 Å². The van der Waals surface area contributed by atoms with Crippen LogP contribution >= 0.6 is 0 Å². The van der Waals surface area contributed by atoms with Gasteiger partial charge in [-0.1, -0.05) is 0 Å². The normalized spacial score (nSPS) is 12.7. The van der Waals surface area contributed by atoms with Crippen LogP contribution in [0.2, 0.25) is 0 Å². The molecular weight excluding hydrogens is 172 g/mol. The topological polar surface area (TPSA) is 80.8 Å². The van der Waals surface area contributed by atoms with Crippen LogP contribution in [0.1, 0.15) is 2.74 Å². The lowest BCUT2D eigenvalue weighted by atomic mass is 10.4. The van der Waals surface area contributed by atoms with Gasteiger partial charge >= 0.3 is 6.01 Å². The number of ether oxygens (including phenoxy) is 1. The molecule has 2 rings (SSSR count). The number of hydrogen-bond acceptors (Lipinski definition) is 5. The highest BCUT2D eigenvalue weighted by molar-refractivity contribution is 5.75. The molecule has 0 atom stereocenters. The summed E-state index contributed by atoms with van der Waals surface area (Å²) in [6.45, 7) is 0. The van der Waals surface area contributed by atoms with Crippen molar-refractivity contribution in [2.75, 3.05) is 7.06 Å². The summed E-state index contributed by atoms with van der Waals surface area (Å²) < 4.78 is 18.3. The molecule has 0 saturated heterocycles. The van der Waals surface area contributed by atoms with Gasteiger partial charge in [0.25, 0.3) is 5.56 Å². The van der Waals surface area contributed by atoms with E-state index in [0.717, 1.165) is 0 Å². The predicted molar refractivity (Wildman–Crippen MR) is 44.5 cm³/mol. The number of methoxy groups -OCH3 is 1. The molecule has 0 saturated carbocycles. The maximum atomic E-state index is 11.3. The summed E-state index contributed by atoms with van der Waals surface area (Å²) in [5.74, 6) is 0. The van der Waals surface area contributed by atoms with Crippen LogP contribution in [0.15, 0.2) is 17.2 Å². The molecule has 1 N–H and O–H groups in total. The third kappa shape index (κ3) is 1.22. The first-order chi connectivity index (χ1) is 7.16. The van der Waals surface area contributed by atoms with Gasteiger partial charge in [-0.15, -0.1) is 0 Å². The lowest BCUT2D eigenvalue weighted by Crippen LogP contribution is -2.09. The number of nitrogens with one attached hydrogen (secondary N) is 1. The largest absolute Gasteiger partial charge is 0.467 e. The molecule has 0 unspecified atom stereocenters. The Morgan fingerprint density at radius 1 is 1.62 bits per heavy atom. The molecule has 0 bridgehead atoms. The number of fused-ring (bicyclic) bond motifs is 1. The number of rotatable bonds is 1. The molecule has 0 aliphatic heterocycles. The summed E-state index contributed by atoms with van der Waals surface area (Å²) in [4.78, 5) is 18.7. The number of H-pyrrole nitrogens is 1. The average molecular weight is 180 g/mol. The van der Waals surface area contributed by atoms with Gasteiger partial charge in [-0.2, -0.15) is 10.1 Å². The van der Waals surface area contributed by atoms with E-state index in [-0.39, 0.29) is 11.5 Å². The van der Waals surface area contributed by atoms with E-state index in [1.165, 1.54) is 12.4 Å². The van der Waals surface area contributed by atoms with Gasteiger partial charge < -0.3 is 4.74 Å². The lowest BCUT2D eigenvalue weighted by Gasteiger charge is -1.97. The van der Waals surface area contributed by atoms with E-state index < -0.39 is 12.6 Å². The molecule has 0 aliphatic rings. The van der Waals surface area contributed by atoms with Crippen LogP contribution in [0.4, 0.5) is 0 Å². The summed E-state index contributed by atoms with van der Waals surface area (Å²) in [5, 5.41) is 6.25. The van der Waals surface area contributed by atoms with Crippen LogP contribution in [0.25, 0.3) is 10.9 Å². The highest BCUT2D eigenvalue weighted by Gasteiger charge is 2.02. The number of nitrogens with zero attached hydrogens (tertiary/aromatic N) is 3. The van der Waals surface area contributed by atoms with Gasteiger partial charge in [0, 0.05) is 11.6 Å². The van der Waals surface area contributed by atoms with Crippen LogP contribution < -0.4 is 10.3 Å². The van der Waals surface area contributed by atoms with E-state index in [0.29, 0.717) is 5.39 Å². The Kier molecular flexibility index (Phi) is 1.22. The standard InChI is InChI=1S/C7H6N4O2/c1-13-7-8-2-4-3-9-11-6(12)5(4)10-7/h2-3H,1H3,(H,11,12)/i1D2. The van der Waals surface area contributed by atoms with Crippen LogP contribution in [-0.2, 0) is 0 Å². The lowest BCUT2D eigenvalue weighted by molar-refractivity contribution is 0.381. The Bertz CT molecular complexity index is 542. The summed E-state index contributed by atoms with van der Waals surface area (Å²) in [7, 11) is -1.52. The molecule has 13 heavy (non-hydrogen) atoms. The van der Waals surface area contributed by atoms with E-state index >= 15 is 0 Å². The second kappa shape index (κ2) is 2.81. The van der Waals surface area contributed by atoms with Crippen LogP contribution in [-0.4, -0.2) is 27.2 Å². The van der Waals surface area contributed by atoms with Gasteiger partial charge in [0.1, 0.15) is 5.52 Å². The molecule has 2 aromatic rings.